The minimum absolute atomic E-state index is 0.352. The van der Waals surface area contributed by atoms with Gasteiger partial charge >= 0.3 is 0 Å². The number of anilines is 1. The van der Waals surface area contributed by atoms with Gasteiger partial charge in [-0.3, -0.25) is 0 Å². The highest BCUT2D eigenvalue weighted by Gasteiger charge is 2.20. The van der Waals surface area contributed by atoms with Gasteiger partial charge in [-0.15, -0.1) is 0 Å². The molecule has 1 aromatic heterocycles. The van der Waals surface area contributed by atoms with Crippen LogP contribution in [0.5, 0.6) is 17.2 Å². The summed E-state index contributed by atoms with van der Waals surface area (Å²) in [6.45, 7) is 5.90. The molecule has 0 aliphatic carbocycles. The maximum absolute atomic E-state index is 5.95. The molecule has 0 bridgehead atoms. The van der Waals surface area contributed by atoms with Crippen LogP contribution in [0.25, 0.3) is 0 Å². The number of rotatable bonds is 3. The summed E-state index contributed by atoms with van der Waals surface area (Å²) >= 11 is 0. The molecular formula is C16H19N3O2. The zero-order chi connectivity index (χ0) is 14.8. The lowest BCUT2D eigenvalue weighted by atomic mass is 10.00. The Morgan fingerprint density at radius 3 is 2.71 bits per heavy atom. The fourth-order valence-corrected chi connectivity index (χ4v) is 2.40. The summed E-state index contributed by atoms with van der Waals surface area (Å²) in [5.41, 5.74) is 2.26. The molecule has 0 atom stereocenters. The molecular weight excluding hydrogens is 266 g/mol. The fraction of sp³-hybridized carbons (Fsp3) is 0.375. The number of ether oxygens (including phenoxy) is 2. The summed E-state index contributed by atoms with van der Waals surface area (Å²) in [6.07, 6.45) is 4.80. The van der Waals surface area contributed by atoms with E-state index in [0.29, 0.717) is 18.3 Å². The van der Waals surface area contributed by atoms with E-state index in [1.54, 1.807) is 12.4 Å². The van der Waals surface area contributed by atoms with Crippen LogP contribution in [0.4, 0.5) is 5.69 Å². The number of hydrogen-bond donors (Lipinski definition) is 0. The summed E-state index contributed by atoms with van der Waals surface area (Å²) in [5.74, 6) is 2.64. The van der Waals surface area contributed by atoms with Gasteiger partial charge in [0, 0.05) is 13.1 Å². The molecule has 1 aromatic carbocycles. The Labute approximate surface area is 124 Å². The highest BCUT2D eigenvalue weighted by Crippen LogP contribution is 2.41. The van der Waals surface area contributed by atoms with E-state index >= 15 is 0 Å². The predicted molar refractivity (Wildman–Crippen MR) is 81.4 cm³/mol. The van der Waals surface area contributed by atoms with Gasteiger partial charge in [0.05, 0.1) is 24.6 Å². The zero-order valence-corrected chi connectivity index (χ0v) is 12.5. The van der Waals surface area contributed by atoms with Crippen molar-refractivity contribution in [3.63, 3.8) is 0 Å². The number of hydrogen-bond acceptors (Lipinski definition) is 5. The highest BCUT2D eigenvalue weighted by molar-refractivity contribution is 5.65. The Bertz CT molecular complexity index is 629. The van der Waals surface area contributed by atoms with E-state index < -0.39 is 0 Å². The second-order valence-corrected chi connectivity index (χ2v) is 5.46. The van der Waals surface area contributed by atoms with Crippen molar-refractivity contribution in [3.8, 4) is 17.2 Å². The van der Waals surface area contributed by atoms with E-state index in [-0.39, 0.29) is 0 Å². The van der Waals surface area contributed by atoms with Crippen molar-refractivity contribution in [2.75, 3.05) is 25.1 Å². The Morgan fingerprint density at radius 2 is 2.00 bits per heavy atom. The van der Waals surface area contributed by atoms with Gasteiger partial charge in [0.15, 0.2) is 5.75 Å². The highest BCUT2D eigenvalue weighted by atomic mass is 16.5. The van der Waals surface area contributed by atoms with E-state index in [0.717, 1.165) is 29.3 Å². The maximum atomic E-state index is 5.95. The fourth-order valence-electron chi connectivity index (χ4n) is 2.40. The molecule has 0 fully saturated rings. The Hall–Kier alpha value is -2.30. The molecule has 0 N–H and O–H groups in total. The van der Waals surface area contributed by atoms with Crippen molar-refractivity contribution in [1.82, 2.24) is 9.97 Å². The zero-order valence-electron chi connectivity index (χ0n) is 12.5. The quantitative estimate of drug-likeness (QED) is 0.866. The molecule has 5 nitrogen and oxygen atoms in total. The standard InChI is InChI=1S/C16H19N3O2/c1-11(2)13-6-14-16(20-5-4-19(14)3)7-15(13)21-12-8-17-10-18-9-12/h6-11H,4-5H2,1-3H3. The average Bonchev–Trinajstić information content (AvgIpc) is 2.48. The minimum Gasteiger partial charge on any atom is -0.489 e. The monoisotopic (exact) mass is 285 g/mol. The van der Waals surface area contributed by atoms with Crippen molar-refractivity contribution < 1.29 is 9.47 Å². The lowest BCUT2D eigenvalue weighted by molar-refractivity contribution is 0.309. The molecule has 110 valence electrons. The van der Waals surface area contributed by atoms with Crippen LogP contribution in [0.2, 0.25) is 0 Å². The first-order chi connectivity index (χ1) is 10.1. The van der Waals surface area contributed by atoms with Crippen LogP contribution in [0.3, 0.4) is 0 Å². The molecule has 1 aliphatic rings. The summed E-state index contributed by atoms with van der Waals surface area (Å²) in [6, 6.07) is 4.12. The van der Waals surface area contributed by atoms with Crippen LogP contribution < -0.4 is 14.4 Å². The molecule has 2 heterocycles. The van der Waals surface area contributed by atoms with Gasteiger partial charge in [-0.05, 0) is 17.5 Å². The van der Waals surface area contributed by atoms with Crippen molar-refractivity contribution in [1.29, 1.82) is 0 Å². The lowest BCUT2D eigenvalue weighted by Gasteiger charge is -2.29. The predicted octanol–water partition coefficient (Wildman–Crippen LogP) is 3.22. The normalized spacial score (nSPS) is 13.8. The Balaban J connectivity index is 2.02. The van der Waals surface area contributed by atoms with Crippen molar-refractivity contribution in [2.45, 2.75) is 19.8 Å². The maximum Gasteiger partial charge on any atom is 0.164 e. The van der Waals surface area contributed by atoms with Crippen molar-refractivity contribution >= 4 is 5.69 Å². The van der Waals surface area contributed by atoms with Gasteiger partial charge in [0.1, 0.15) is 24.4 Å². The van der Waals surface area contributed by atoms with E-state index in [9.17, 15) is 0 Å². The van der Waals surface area contributed by atoms with Crippen LogP contribution in [-0.4, -0.2) is 30.2 Å². The number of likely N-dealkylation sites (N-methyl/N-ethyl adjacent to an activating group) is 1. The van der Waals surface area contributed by atoms with Gasteiger partial charge in [-0.2, -0.15) is 0 Å². The van der Waals surface area contributed by atoms with E-state index in [1.165, 1.54) is 6.33 Å². The van der Waals surface area contributed by atoms with Gasteiger partial charge in [0.2, 0.25) is 0 Å². The minimum atomic E-state index is 0.352. The number of nitrogens with zero attached hydrogens (tertiary/aromatic N) is 3. The second kappa shape index (κ2) is 5.60. The first-order valence-electron chi connectivity index (χ1n) is 7.10. The van der Waals surface area contributed by atoms with Gasteiger partial charge < -0.3 is 14.4 Å². The topological polar surface area (TPSA) is 47.5 Å². The Kier molecular flexibility index (Phi) is 3.64. The molecule has 0 radical (unpaired) electrons. The molecule has 0 saturated carbocycles. The molecule has 1 aliphatic heterocycles. The average molecular weight is 285 g/mol. The number of fused-ring (bicyclic) bond motifs is 1. The first kappa shape index (κ1) is 13.7. The number of benzene rings is 1. The van der Waals surface area contributed by atoms with E-state index in [2.05, 4.69) is 41.8 Å². The van der Waals surface area contributed by atoms with Crippen molar-refractivity contribution in [3.05, 3.63) is 36.4 Å². The third-order valence-electron chi connectivity index (χ3n) is 3.57. The molecule has 0 unspecified atom stereocenters. The molecule has 0 amide bonds. The third-order valence-corrected chi connectivity index (χ3v) is 3.57. The van der Waals surface area contributed by atoms with Crippen LogP contribution in [0.15, 0.2) is 30.9 Å². The molecule has 0 spiro atoms. The van der Waals surface area contributed by atoms with Crippen LogP contribution in [0.1, 0.15) is 25.3 Å². The van der Waals surface area contributed by atoms with Crippen LogP contribution >= 0.6 is 0 Å². The largest absolute Gasteiger partial charge is 0.489 e. The molecule has 21 heavy (non-hydrogen) atoms. The molecule has 0 saturated heterocycles. The first-order valence-corrected chi connectivity index (χ1v) is 7.10. The van der Waals surface area contributed by atoms with Crippen LogP contribution in [-0.2, 0) is 0 Å². The lowest BCUT2D eigenvalue weighted by Crippen LogP contribution is -2.29. The van der Waals surface area contributed by atoms with Gasteiger partial charge in [0.25, 0.3) is 0 Å². The molecule has 5 heteroatoms. The Morgan fingerprint density at radius 1 is 1.24 bits per heavy atom. The molecule has 3 rings (SSSR count). The van der Waals surface area contributed by atoms with Gasteiger partial charge in [-0.25, -0.2) is 9.97 Å². The second-order valence-electron chi connectivity index (χ2n) is 5.46. The SMILES string of the molecule is CC(C)c1cc2c(cc1Oc1cncnc1)OCCN2C. The van der Waals surface area contributed by atoms with E-state index in [4.69, 9.17) is 9.47 Å². The van der Waals surface area contributed by atoms with Crippen LogP contribution in [0, 0.1) is 0 Å². The summed E-state index contributed by atoms with van der Waals surface area (Å²) in [5, 5.41) is 0. The summed E-state index contributed by atoms with van der Waals surface area (Å²) in [4.78, 5) is 10.2. The summed E-state index contributed by atoms with van der Waals surface area (Å²) < 4.78 is 11.7. The van der Waals surface area contributed by atoms with E-state index in [1.807, 2.05) is 6.07 Å². The number of aromatic nitrogens is 2. The third kappa shape index (κ3) is 2.77. The smallest absolute Gasteiger partial charge is 0.164 e. The molecule has 2 aromatic rings. The van der Waals surface area contributed by atoms with Gasteiger partial charge in [-0.1, -0.05) is 13.8 Å². The summed E-state index contributed by atoms with van der Waals surface area (Å²) in [7, 11) is 2.08. The van der Waals surface area contributed by atoms with Crippen molar-refractivity contribution in [2.24, 2.45) is 0 Å².